The Morgan fingerprint density at radius 2 is 1.49 bits per heavy atom. The number of hydrogen-bond acceptors (Lipinski definition) is 6. The number of fused-ring (bicyclic) bond motifs is 1. The molecule has 0 unspecified atom stereocenters. The smallest absolute Gasteiger partial charge is 0.294 e. The average molecular weight is 564 g/mol. The van der Waals surface area contributed by atoms with E-state index < -0.39 is 11.1 Å². The van der Waals surface area contributed by atoms with E-state index in [1.54, 1.807) is 11.0 Å². The molecule has 0 radical (unpaired) electrons. The highest BCUT2D eigenvalue weighted by molar-refractivity contribution is 8.18. The molecule has 0 saturated carbocycles. The Hall–Kier alpha value is -4.56. The Morgan fingerprint density at radius 3 is 2.24 bits per heavy atom. The molecule has 4 aromatic rings. The number of benzene rings is 4. The van der Waals surface area contributed by atoms with Crippen molar-refractivity contribution in [2.45, 2.75) is 6.61 Å². The molecule has 0 N–H and O–H groups in total. The largest absolute Gasteiger partial charge is 0.488 e. The van der Waals surface area contributed by atoms with Gasteiger partial charge in [-0.05, 0) is 52.4 Å². The van der Waals surface area contributed by atoms with Gasteiger partial charge in [-0.15, -0.1) is 0 Å². The molecule has 2 saturated heterocycles. The number of para-hydroxylation sites is 1. The van der Waals surface area contributed by atoms with Crippen molar-refractivity contribution in [3.05, 3.63) is 113 Å². The number of piperazine rings is 1. The number of hydrogen-bond donors (Lipinski definition) is 0. The summed E-state index contributed by atoms with van der Waals surface area (Å²) in [5.41, 5.74) is 2.87. The van der Waals surface area contributed by atoms with Crippen LogP contribution in [-0.2, 0) is 16.2 Å². The number of carbonyl (C=O) groups is 3. The Labute approximate surface area is 243 Å². The lowest BCUT2D eigenvalue weighted by Crippen LogP contribution is -2.51. The Morgan fingerprint density at radius 1 is 0.805 bits per heavy atom. The minimum Gasteiger partial charge on any atom is -0.488 e. The van der Waals surface area contributed by atoms with Gasteiger partial charge in [0.1, 0.15) is 18.9 Å². The summed E-state index contributed by atoms with van der Waals surface area (Å²) in [6.07, 6.45) is 1.72. The monoisotopic (exact) mass is 563 g/mol. The molecule has 0 aromatic heterocycles. The molecule has 206 valence electrons. The van der Waals surface area contributed by atoms with Crippen molar-refractivity contribution in [1.82, 2.24) is 9.80 Å². The molecular formula is C33H29N3O4S. The first-order valence-corrected chi connectivity index (χ1v) is 14.4. The summed E-state index contributed by atoms with van der Waals surface area (Å²) in [5, 5.41) is 1.47. The quantitative estimate of drug-likeness (QED) is 0.265. The maximum Gasteiger partial charge on any atom is 0.294 e. The van der Waals surface area contributed by atoms with Gasteiger partial charge in [0.05, 0.1) is 4.91 Å². The standard InChI is InChI=1S/C33H29N3O4S/c37-31(35-19-17-34(18-20-35)26-12-5-2-6-13-26)22-36-32(38)30(41-33(36)39)21-28-27-14-8-7-11-25(27)15-16-29(28)40-23-24-9-3-1-4-10-24/h1-16,21H,17-20,22-23H2/b30-21+. The molecule has 8 heteroatoms. The van der Waals surface area contributed by atoms with Gasteiger partial charge in [-0.1, -0.05) is 78.9 Å². The van der Waals surface area contributed by atoms with Gasteiger partial charge in [0, 0.05) is 37.4 Å². The predicted molar refractivity (Wildman–Crippen MR) is 163 cm³/mol. The molecule has 0 spiro atoms. The van der Waals surface area contributed by atoms with Crippen LogP contribution < -0.4 is 9.64 Å². The van der Waals surface area contributed by atoms with Gasteiger partial charge in [0.25, 0.3) is 11.1 Å². The fourth-order valence-corrected chi connectivity index (χ4v) is 5.96. The van der Waals surface area contributed by atoms with Crippen molar-refractivity contribution in [1.29, 1.82) is 0 Å². The van der Waals surface area contributed by atoms with Crippen LogP contribution in [0.5, 0.6) is 5.75 Å². The molecule has 0 atom stereocenters. The molecule has 2 heterocycles. The van der Waals surface area contributed by atoms with E-state index in [1.807, 2.05) is 84.9 Å². The molecule has 6 rings (SSSR count). The molecule has 7 nitrogen and oxygen atoms in total. The second-order valence-corrected chi connectivity index (χ2v) is 10.9. The highest BCUT2D eigenvalue weighted by atomic mass is 32.2. The number of anilines is 1. The number of rotatable bonds is 7. The second kappa shape index (κ2) is 11.9. The topological polar surface area (TPSA) is 70.2 Å². The number of thioether (sulfide) groups is 1. The van der Waals surface area contributed by atoms with E-state index in [4.69, 9.17) is 4.74 Å². The van der Waals surface area contributed by atoms with Crippen molar-refractivity contribution in [2.24, 2.45) is 0 Å². The van der Waals surface area contributed by atoms with Gasteiger partial charge in [0.2, 0.25) is 5.91 Å². The third kappa shape index (κ3) is 5.83. The van der Waals surface area contributed by atoms with Gasteiger partial charge in [0.15, 0.2) is 0 Å². The van der Waals surface area contributed by atoms with E-state index in [0.717, 1.165) is 44.2 Å². The maximum atomic E-state index is 13.4. The number of imide groups is 1. The van der Waals surface area contributed by atoms with Crippen LogP contribution in [0.1, 0.15) is 11.1 Å². The zero-order valence-electron chi connectivity index (χ0n) is 22.4. The van der Waals surface area contributed by atoms with Crippen LogP contribution in [0.25, 0.3) is 16.8 Å². The van der Waals surface area contributed by atoms with E-state index in [1.165, 1.54) is 0 Å². The highest BCUT2D eigenvalue weighted by Gasteiger charge is 2.37. The molecule has 2 aliphatic heterocycles. The number of carbonyl (C=O) groups excluding carboxylic acids is 3. The van der Waals surface area contributed by atoms with Crippen LogP contribution in [0.3, 0.4) is 0 Å². The molecule has 4 aromatic carbocycles. The highest BCUT2D eigenvalue weighted by Crippen LogP contribution is 2.37. The van der Waals surface area contributed by atoms with Gasteiger partial charge in [-0.25, -0.2) is 0 Å². The van der Waals surface area contributed by atoms with Gasteiger partial charge in [-0.2, -0.15) is 0 Å². The molecule has 41 heavy (non-hydrogen) atoms. The lowest BCUT2D eigenvalue weighted by molar-refractivity contribution is -0.136. The molecule has 0 aliphatic carbocycles. The molecule has 3 amide bonds. The fourth-order valence-electron chi connectivity index (χ4n) is 5.14. The van der Waals surface area contributed by atoms with E-state index in [9.17, 15) is 14.4 Å². The Kier molecular flexibility index (Phi) is 7.73. The van der Waals surface area contributed by atoms with Crippen molar-refractivity contribution in [2.75, 3.05) is 37.6 Å². The van der Waals surface area contributed by atoms with Crippen LogP contribution in [-0.4, -0.2) is 59.6 Å². The van der Waals surface area contributed by atoms with E-state index in [0.29, 0.717) is 38.5 Å². The van der Waals surface area contributed by atoms with Gasteiger partial charge >= 0.3 is 0 Å². The fraction of sp³-hybridized carbons (Fsp3) is 0.182. The summed E-state index contributed by atoms with van der Waals surface area (Å²) >= 11 is 0.859. The van der Waals surface area contributed by atoms with Crippen LogP contribution in [0.4, 0.5) is 10.5 Å². The summed E-state index contributed by atoms with van der Waals surface area (Å²) in [6.45, 7) is 2.58. The summed E-state index contributed by atoms with van der Waals surface area (Å²) in [4.78, 5) is 44.7. The van der Waals surface area contributed by atoms with Crippen molar-refractivity contribution < 1.29 is 19.1 Å². The lowest BCUT2D eigenvalue weighted by Gasteiger charge is -2.36. The van der Waals surface area contributed by atoms with E-state index in [2.05, 4.69) is 17.0 Å². The molecular weight excluding hydrogens is 534 g/mol. The summed E-state index contributed by atoms with van der Waals surface area (Å²) in [6, 6.07) is 31.7. The predicted octanol–water partition coefficient (Wildman–Crippen LogP) is 5.80. The van der Waals surface area contributed by atoms with Crippen molar-refractivity contribution >= 4 is 51.4 Å². The minimum atomic E-state index is -0.460. The Bertz CT molecular complexity index is 1620. The van der Waals surface area contributed by atoms with Crippen LogP contribution >= 0.6 is 11.8 Å². The Balaban J connectivity index is 1.18. The third-order valence-corrected chi connectivity index (χ3v) is 8.27. The van der Waals surface area contributed by atoms with E-state index >= 15 is 0 Å². The molecule has 2 fully saturated rings. The van der Waals surface area contributed by atoms with E-state index in [-0.39, 0.29) is 17.4 Å². The number of amides is 3. The third-order valence-electron chi connectivity index (χ3n) is 7.36. The second-order valence-electron chi connectivity index (χ2n) is 9.94. The normalized spacial score (nSPS) is 16.6. The first-order chi connectivity index (χ1) is 20.1. The van der Waals surface area contributed by atoms with Crippen molar-refractivity contribution in [3.63, 3.8) is 0 Å². The average Bonchev–Trinajstić information content (AvgIpc) is 3.28. The summed E-state index contributed by atoms with van der Waals surface area (Å²) in [5.74, 6) is -0.0664. The minimum absolute atomic E-state index is 0.224. The van der Waals surface area contributed by atoms with Crippen LogP contribution in [0, 0.1) is 0 Å². The SMILES string of the molecule is O=C(CN1C(=O)S/C(=C/c2c(OCc3ccccc3)ccc3ccccc23)C1=O)N1CCN(c2ccccc2)CC1. The lowest BCUT2D eigenvalue weighted by atomic mass is 10.0. The van der Waals surface area contributed by atoms with Gasteiger partial charge < -0.3 is 14.5 Å². The molecule has 2 aliphatic rings. The maximum absolute atomic E-state index is 13.4. The molecule has 0 bridgehead atoms. The first-order valence-electron chi connectivity index (χ1n) is 13.6. The summed E-state index contributed by atoms with van der Waals surface area (Å²) in [7, 11) is 0. The zero-order chi connectivity index (χ0) is 28.2. The summed E-state index contributed by atoms with van der Waals surface area (Å²) < 4.78 is 6.19. The van der Waals surface area contributed by atoms with Gasteiger partial charge in [-0.3, -0.25) is 19.3 Å². The van der Waals surface area contributed by atoms with Crippen LogP contribution in [0.15, 0.2) is 102 Å². The number of ether oxygens (including phenoxy) is 1. The van der Waals surface area contributed by atoms with Crippen LogP contribution in [0.2, 0.25) is 0 Å². The first kappa shape index (κ1) is 26.7. The van der Waals surface area contributed by atoms with Crippen molar-refractivity contribution in [3.8, 4) is 5.75 Å². The zero-order valence-corrected chi connectivity index (χ0v) is 23.3. The number of nitrogens with zero attached hydrogens (tertiary/aromatic N) is 3.